The lowest BCUT2D eigenvalue weighted by Gasteiger charge is -2.26. The molecule has 6 nitrogen and oxygen atoms in total. The molecule has 0 saturated carbocycles. The van der Waals surface area contributed by atoms with Gasteiger partial charge in [0.1, 0.15) is 6.61 Å². The largest absolute Gasteiger partial charge is 0.493 e. The Labute approximate surface area is 204 Å². The number of oxime groups is 1. The predicted octanol–water partition coefficient (Wildman–Crippen LogP) is 5.47. The molecule has 176 valence electrons. The highest BCUT2D eigenvalue weighted by Crippen LogP contribution is 2.30. The molecule has 4 rings (SSSR count). The van der Waals surface area contributed by atoms with E-state index in [0.717, 1.165) is 30.4 Å². The third-order valence-corrected chi connectivity index (χ3v) is 5.92. The van der Waals surface area contributed by atoms with Crippen LogP contribution in [-0.4, -0.2) is 25.8 Å². The Morgan fingerprint density at radius 1 is 1.12 bits per heavy atom. The minimum Gasteiger partial charge on any atom is -0.493 e. The standard InChI is InChI=1S/C27H27ClN2O4/c1-32-26-15-20(11-14-25(26)33-17-19-9-12-22(28)13-10-19)16-29-34-18-27(31)30-24-8-4-6-21-5-2-3-7-23(21)24/h2-3,5,7,9-16,24H,4,6,8,17-18H2,1H3,(H,30,31)/b29-16+. The zero-order valence-electron chi connectivity index (χ0n) is 19.0. The Morgan fingerprint density at radius 3 is 2.76 bits per heavy atom. The number of hydrogen-bond acceptors (Lipinski definition) is 5. The normalized spacial score (nSPS) is 14.9. The molecule has 1 aliphatic carbocycles. The third kappa shape index (κ3) is 6.29. The summed E-state index contributed by atoms with van der Waals surface area (Å²) in [7, 11) is 1.58. The molecule has 0 aromatic heterocycles. The minimum absolute atomic E-state index is 0.0229. The highest BCUT2D eigenvalue weighted by atomic mass is 35.5. The van der Waals surface area contributed by atoms with E-state index in [0.29, 0.717) is 23.1 Å². The monoisotopic (exact) mass is 478 g/mol. The van der Waals surface area contributed by atoms with Crippen molar-refractivity contribution >= 4 is 23.7 Å². The number of benzene rings is 3. The summed E-state index contributed by atoms with van der Waals surface area (Å²) >= 11 is 5.92. The van der Waals surface area contributed by atoms with Gasteiger partial charge in [-0.3, -0.25) is 4.79 Å². The predicted molar refractivity (Wildman–Crippen MR) is 133 cm³/mol. The van der Waals surface area contributed by atoms with Gasteiger partial charge >= 0.3 is 0 Å². The Kier molecular flexibility index (Phi) is 8.04. The van der Waals surface area contributed by atoms with Crippen LogP contribution in [0.4, 0.5) is 0 Å². The molecule has 1 unspecified atom stereocenters. The van der Waals surface area contributed by atoms with E-state index in [4.69, 9.17) is 25.9 Å². The van der Waals surface area contributed by atoms with Crippen molar-refractivity contribution in [2.24, 2.45) is 5.16 Å². The number of carbonyl (C=O) groups is 1. The van der Waals surface area contributed by atoms with Crippen molar-refractivity contribution in [2.45, 2.75) is 31.9 Å². The first-order valence-corrected chi connectivity index (χ1v) is 11.6. The van der Waals surface area contributed by atoms with Gasteiger partial charge in [-0.1, -0.05) is 53.2 Å². The van der Waals surface area contributed by atoms with Gasteiger partial charge in [0.25, 0.3) is 5.91 Å². The van der Waals surface area contributed by atoms with Gasteiger partial charge in [0.2, 0.25) is 0 Å². The van der Waals surface area contributed by atoms with E-state index in [9.17, 15) is 4.79 Å². The van der Waals surface area contributed by atoms with Gasteiger partial charge in [-0.15, -0.1) is 0 Å². The maximum Gasteiger partial charge on any atom is 0.261 e. The maximum absolute atomic E-state index is 12.3. The number of nitrogens with one attached hydrogen (secondary N) is 1. The van der Waals surface area contributed by atoms with Crippen LogP contribution >= 0.6 is 11.6 Å². The van der Waals surface area contributed by atoms with Gasteiger partial charge < -0.3 is 19.6 Å². The number of hydrogen-bond donors (Lipinski definition) is 1. The van der Waals surface area contributed by atoms with Crippen molar-refractivity contribution in [1.82, 2.24) is 5.32 Å². The van der Waals surface area contributed by atoms with E-state index < -0.39 is 0 Å². The molecule has 1 N–H and O–H groups in total. The first-order valence-electron chi connectivity index (χ1n) is 11.2. The third-order valence-electron chi connectivity index (χ3n) is 5.67. The molecule has 0 bridgehead atoms. The van der Waals surface area contributed by atoms with Crippen LogP contribution in [0.1, 0.15) is 41.1 Å². The Bertz CT molecular complexity index is 1150. The highest BCUT2D eigenvalue weighted by molar-refractivity contribution is 6.30. The van der Waals surface area contributed by atoms with Gasteiger partial charge in [-0.25, -0.2) is 0 Å². The number of carbonyl (C=O) groups excluding carboxylic acids is 1. The van der Waals surface area contributed by atoms with Gasteiger partial charge in [0.05, 0.1) is 19.4 Å². The van der Waals surface area contributed by atoms with Gasteiger partial charge in [0, 0.05) is 10.6 Å². The van der Waals surface area contributed by atoms with Crippen LogP contribution in [0.15, 0.2) is 71.9 Å². The van der Waals surface area contributed by atoms with E-state index in [1.54, 1.807) is 13.2 Å². The van der Waals surface area contributed by atoms with Crippen molar-refractivity contribution < 1.29 is 19.1 Å². The molecule has 1 amide bonds. The fourth-order valence-electron chi connectivity index (χ4n) is 3.96. The zero-order valence-corrected chi connectivity index (χ0v) is 19.8. The molecule has 0 aliphatic heterocycles. The molecule has 1 atom stereocenters. The summed E-state index contributed by atoms with van der Waals surface area (Å²) in [5.74, 6) is 0.997. The molecular weight excluding hydrogens is 452 g/mol. The van der Waals surface area contributed by atoms with E-state index in [-0.39, 0.29) is 18.6 Å². The summed E-state index contributed by atoms with van der Waals surface area (Å²) in [4.78, 5) is 17.6. The Balaban J connectivity index is 1.27. The van der Waals surface area contributed by atoms with Gasteiger partial charge in [-0.05, 0) is 66.3 Å². The van der Waals surface area contributed by atoms with Crippen LogP contribution < -0.4 is 14.8 Å². The lowest BCUT2D eigenvalue weighted by molar-refractivity contribution is -0.126. The molecule has 3 aromatic carbocycles. The van der Waals surface area contributed by atoms with E-state index in [1.807, 2.05) is 48.5 Å². The fraction of sp³-hybridized carbons (Fsp3) is 0.259. The molecule has 3 aromatic rings. The molecule has 7 heteroatoms. The van der Waals surface area contributed by atoms with Crippen LogP contribution in [0.25, 0.3) is 0 Å². The second kappa shape index (κ2) is 11.6. The number of methoxy groups -OCH3 is 1. The van der Waals surface area contributed by atoms with Crippen LogP contribution in [0.2, 0.25) is 5.02 Å². The van der Waals surface area contributed by atoms with E-state index in [1.165, 1.54) is 17.3 Å². The summed E-state index contributed by atoms with van der Waals surface area (Å²) in [6, 6.07) is 21.2. The summed E-state index contributed by atoms with van der Waals surface area (Å²) in [6.07, 6.45) is 4.58. The molecule has 0 saturated heterocycles. The Morgan fingerprint density at radius 2 is 1.94 bits per heavy atom. The second-order valence-corrected chi connectivity index (χ2v) is 8.48. The van der Waals surface area contributed by atoms with Gasteiger partial charge in [-0.2, -0.15) is 0 Å². The second-order valence-electron chi connectivity index (χ2n) is 8.04. The number of amides is 1. The van der Waals surface area contributed by atoms with Crippen molar-refractivity contribution in [3.8, 4) is 11.5 Å². The summed E-state index contributed by atoms with van der Waals surface area (Å²) < 4.78 is 11.3. The molecule has 1 aliphatic rings. The van der Waals surface area contributed by atoms with Gasteiger partial charge in [0.15, 0.2) is 18.1 Å². The molecular formula is C27H27ClN2O4. The first kappa shape index (κ1) is 23.6. The van der Waals surface area contributed by atoms with Crippen molar-refractivity contribution in [3.63, 3.8) is 0 Å². The maximum atomic E-state index is 12.3. The molecule has 0 heterocycles. The van der Waals surface area contributed by atoms with Crippen molar-refractivity contribution in [1.29, 1.82) is 0 Å². The number of fused-ring (bicyclic) bond motifs is 1. The van der Waals surface area contributed by atoms with Crippen LogP contribution in [0, 0.1) is 0 Å². The number of aryl methyl sites for hydroxylation is 1. The van der Waals surface area contributed by atoms with Crippen LogP contribution in [0.3, 0.4) is 0 Å². The first-order chi connectivity index (χ1) is 16.6. The summed E-state index contributed by atoms with van der Waals surface area (Å²) in [6.45, 7) is 0.249. The van der Waals surface area contributed by atoms with Crippen molar-refractivity contribution in [3.05, 3.63) is 94.0 Å². The SMILES string of the molecule is COc1cc(/C=N/OCC(=O)NC2CCCc3ccccc32)ccc1OCc1ccc(Cl)cc1. The summed E-state index contributed by atoms with van der Waals surface area (Å²) in [5, 5.41) is 7.66. The van der Waals surface area contributed by atoms with Crippen molar-refractivity contribution in [2.75, 3.05) is 13.7 Å². The lowest BCUT2D eigenvalue weighted by atomic mass is 9.88. The zero-order chi connectivity index (χ0) is 23.8. The van der Waals surface area contributed by atoms with E-state index >= 15 is 0 Å². The summed E-state index contributed by atoms with van der Waals surface area (Å²) in [5.41, 5.74) is 4.25. The number of ether oxygens (including phenoxy) is 2. The molecule has 0 radical (unpaired) electrons. The molecule has 34 heavy (non-hydrogen) atoms. The molecule has 0 fully saturated rings. The number of nitrogens with zero attached hydrogens (tertiary/aromatic N) is 1. The minimum atomic E-state index is -0.192. The average Bonchev–Trinajstić information content (AvgIpc) is 2.87. The molecule has 0 spiro atoms. The van der Waals surface area contributed by atoms with Crippen LogP contribution in [0.5, 0.6) is 11.5 Å². The average molecular weight is 479 g/mol. The quantitative estimate of drug-likeness (QED) is 0.327. The lowest BCUT2D eigenvalue weighted by Crippen LogP contribution is -2.33. The topological polar surface area (TPSA) is 69.2 Å². The number of halogens is 1. The van der Waals surface area contributed by atoms with Crippen LogP contribution in [-0.2, 0) is 22.7 Å². The number of rotatable bonds is 9. The smallest absolute Gasteiger partial charge is 0.261 e. The fourth-order valence-corrected chi connectivity index (χ4v) is 4.09. The highest BCUT2D eigenvalue weighted by Gasteiger charge is 2.21. The Hall–Kier alpha value is -3.51. The van der Waals surface area contributed by atoms with E-state index in [2.05, 4.69) is 22.6 Å².